The van der Waals surface area contributed by atoms with E-state index in [4.69, 9.17) is 4.74 Å². The Morgan fingerprint density at radius 1 is 1.39 bits per heavy atom. The Morgan fingerprint density at radius 3 is 3.00 bits per heavy atom. The van der Waals surface area contributed by atoms with Crippen LogP contribution in [0.15, 0.2) is 28.6 Å². The van der Waals surface area contributed by atoms with Crippen molar-refractivity contribution in [3.8, 4) is 5.75 Å². The summed E-state index contributed by atoms with van der Waals surface area (Å²) in [7, 11) is 1.84. The summed E-state index contributed by atoms with van der Waals surface area (Å²) in [6.45, 7) is 2.73. The highest BCUT2D eigenvalue weighted by Crippen LogP contribution is 2.25. The van der Waals surface area contributed by atoms with Gasteiger partial charge in [-0.25, -0.2) is 0 Å². The minimum atomic E-state index is 0.669. The third-order valence-corrected chi connectivity index (χ3v) is 4.23. The van der Waals surface area contributed by atoms with Crippen molar-refractivity contribution < 1.29 is 4.74 Å². The molecule has 0 spiro atoms. The van der Waals surface area contributed by atoms with E-state index in [0.29, 0.717) is 6.61 Å². The Morgan fingerprint density at radius 2 is 2.28 bits per heavy atom. The van der Waals surface area contributed by atoms with Crippen LogP contribution in [-0.2, 0) is 0 Å². The van der Waals surface area contributed by atoms with Crippen LogP contribution in [0.2, 0.25) is 0 Å². The molecule has 0 fully saturated rings. The summed E-state index contributed by atoms with van der Waals surface area (Å²) in [5, 5.41) is 11.9. The first-order valence-electron chi connectivity index (χ1n) is 5.61. The average molecular weight is 281 g/mol. The van der Waals surface area contributed by atoms with Crippen molar-refractivity contribution in [2.24, 2.45) is 0 Å². The molecule has 18 heavy (non-hydrogen) atoms. The number of thioether (sulfide) groups is 1. The van der Waals surface area contributed by atoms with Crippen molar-refractivity contribution >= 4 is 28.2 Å². The van der Waals surface area contributed by atoms with E-state index in [1.807, 2.05) is 25.2 Å². The van der Waals surface area contributed by atoms with Crippen molar-refractivity contribution in [1.29, 1.82) is 0 Å². The van der Waals surface area contributed by atoms with Gasteiger partial charge >= 0.3 is 0 Å². The summed E-state index contributed by atoms with van der Waals surface area (Å²) in [6.07, 6.45) is 0. The van der Waals surface area contributed by atoms with Crippen LogP contribution in [-0.4, -0.2) is 29.6 Å². The largest absolute Gasteiger partial charge is 0.493 e. The van der Waals surface area contributed by atoms with Gasteiger partial charge in [-0.3, -0.25) is 0 Å². The highest BCUT2D eigenvalue weighted by Gasteiger charge is 2.02. The molecule has 4 nitrogen and oxygen atoms in total. The lowest BCUT2D eigenvalue weighted by Crippen LogP contribution is -1.99. The predicted molar refractivity (Wildman–Crippen MR) is 76.9 cm³/mol. The van der Waals surface area contributed by atoms with Crippen LogP contribution in [0.25, 0.3) is 0 Å². The van der Waals surface area contributed by atoms with Crippen molar-refractivity contribution in [3.63, 3.8) is 0 Å². The molecule has 1 N–H and O–H groups in total. The van der Waals surface area contributed by atoms with Gasteiger partial charge in [0.15, 0.2) is 4.34 Å². The van der Waals surface area contributed by atoms with E-state index < -0.39 is 0 Å². The van der Waals surface area contributed by atoms with Crippen LogP contribution in [0.3, 0.4) is 0 Å². The molecule has 1 aromatic heterocycles. The van der Waals surface area contributed by atoms with Crippen molar-refractivity contribution in [2.75, 3.05) is 24.7 Å². The van der Waals surface area contributed by atoms with E-state index in [1.165, 1.54) is 5.56 Å². The Bertz CT molecular complexity index is 502. The van der Waals surface area contributed by atoms with Crippen LogP contribution in [0.1, 0.15) is 5.56 Å². The Labute approximate surface area is 115 Å². The second-order valence-corrected chi connectivity index (χ2v) is 5.96. The van der Waals surface area contributed by atoms with Crippen molar-refractivity contribution in [3.05, 3.63) is 29.8 Å². The summed E-state index contributed by atoms with van der Waals surface area (Å²) in [6, 6.07) is 8.07. The molecule has 0 unspecified atom stereocenters. The standard InChI is InChI=1S/C12H15N3OS2/c1-9-4-3-5-10(8-9)16-6-7-17-12-15-14-11(13-2)18-12/h3-5,8H,6-7H2,1-2H3,(H,13,14). The fourth-order valence-electron chi connectivity index (χ4n) is 1.36. The van der Waals surface area contributed by atoms with Gasteiger partial charge in [0.2, 0.25) is 5.13 Å². The highest BCUT2D eigenvalue weighted by atomic mass is 32.2. The number of aromatic nitrogens is 2. The summed E-state index contributed by atoms with van der Waals surface area (Å²) >= 11 is 3.22. The monoisotopic (exact) mass is 281 g/mol. The van der Waals surface area contributed by atoms with Crippen LogP contribution >= 0.6 is 23.1 Å². The second-order valence-electron chi connectivity index (χ2n) is 3.64. The van der Waals surface area contributed by atoms with E-state index in [-0.39, 0.29) is 0 Å². The number of hydrogen-bond acceptors (Lipinski definition) is 6. The summed E-state index contributed by atoms with van der Waals surface area (Å²) in [5.41, 5.74) is 1.21. The minimum Gasteiger partial charge on any atom is -0.493 e. The SMILES string of the molecule is CNc1nnc(SCCOc2cccc(C)c2)s1. The van der Waals surface area contributed by atoms with Gasteiger partial charge in [-0.05, 0) is 24.6 Å². The number of anilines is 1. The molecule has 2 rings (SSSR count). The molecule has 0 aliphatic rings. The number of nitrogens with one attached hydrogen (secondary N) is 1. The van der Waals surface area contributed by atoms with Gasteiger partial charge in [0.25, 0.3) is 0 Å². The van der Waals surface area contributed by atoms with Gasteiger partial charge in [0, 0.05) is 12.8 Å². The molecule has 0 atom stereocenters. The van der Waals surface area contributed by atoms with Crippen LogP contribution in [0, 0.1) is 6.92 Å². The molecule has 0 radical (unpaired) electrons. The maximum Gasteiger partial charge on any atom is 0.206 e. The molecule has 2 aromatic rings. The average Bonchev–Trinajstić information content (AvgIpc) is 2.83. The second kappa shape index (κ2) is 6.61. The third-order valence-electron chi connectivity index (χ3n) is 2.19. The Balaban J connectivity index is 1.72. The van der Waals surface area contributed by atoms with Crippen LogP contribution in [0.4, 0.5) is 5.13 Å². The van der Waals surface area contributed by atoms with Crippen molar-refractivity contribution in [1.82, 2.24) is 10.2 Å². The summed E-state index contributed by atoms with van der Waals surface area (Å²) < 4.78 is 6.63. The maximum atomic E-state index is 5.66. The number of benzene rings is 1. The first-order valence-corrected chi connectivity index (χ1v) is 7.41. The lowest BCUT2D eigenvalue weighted by molar-refractivity contribution is 0.343. The van der Waals surface area contributed by atoms with Gasteiger partial charge in [0.1, 0.15) is 5.75 Å². The molecule has 0 saturated carbocycles. The molecule has 0 aliphatic heterocycles. The molecule has 1 aromatic carbocycles. The Hall–Kier alpha value is -1.27. The fourth-order valence-corrected chi connectivity index (χ4v) is 2.96. The third kappa shape index (κ3) is 3.89. The lowest BCUT2D eigenvalue weighted by atomic mass is 10.2. The van der Waals surface area contributed by atoms with Crippen LogP contribution in [0.5, 0.6) is 5.75 Å². The van der Waals surface area contributed by atoms with E-state index in [9.17, 15) is 0 Å². The summed E-state index contributed by atoms with van der Waals surface area (Å²) in [4.78, 5) is 0. The van der Waals surface area contributed by atoms with E-state index in [1.54, 1.807) is 23.1 Å². The molecule has 1 heterocycles. The molecular weight excluding hydrogens is 266 g/mol. The van der Waals surface area contributed by atoms with Gasteiger partial charge in [-0.15, -0.1) is 10.2 Å². The summed E-state index contributed by atoms with van der Waals surface area (Å²) in [5.74, 6) is 1.79. The van der Waals surface area contributed by atoms with E-state index in [0.717, 1.165) is 21.0 Å². The topological polar surface area (TPSA) is 47.0 Å². The number of ether oxygens (including phenoxy) is 1. The molecule has 6 heteroatoms. The highest BCUT2D eigenvalue weighted by molar-refractivity contribution is 8.01. The normalized spacial score (nSPS) is 10.3. The zero-order valence-corrected chi connectivity index (χ0v) is 12.0. The quantitative estimate of drug-likeness (QED) is 0.651. The number of nitrogens with zero attached hydrogens (tertiary/aromatic N) is 2. The van der Waals surface area contributed by atoms with Gasteiger partial charge < -0.3 is 10.1 Å². The smallest absolute Gasteiger partial charge is 0.206 e. The first-order chi connectivity index (χ1) is 8.78. The Kier molecular flexibility index (Phi) is 4.83. The van der Waals surface area contributed by atoms with E-state index in [2.05, 4.69) is 28.5 Å². The van der Waals surface area contributed by atoms with Crippen molar-refractivity contribution in [2.45, 2.75) is 11.3 Å². The first kappa shape index (κ1) is 13.2. The molecule has 0 amide bonds. The molecule has 0 saturated heterocycles. The lowest BCUT2D eigenvalue weighted by Gasteiger charge is -2.05. The maximum absolute atomic E-state index is 5.66. The number of hydrogen-bond donors (Lipinski definition) is 1. The predicted octanol–water partition coefficient (Wildman–Crippen LogP) is 3.06. The fraction of sp³-hybridized carbons (Fsp3) is 0.333. The number of rotatable bonds is 6. The zero-order chi connectivity index (χ0) is 12.8. The molecule has 0 bridgehead atoms. The molecular formula is C12H15N3OS2. The molecule has 0 aliphatic carbocycles. The van der Waals surface area contributed by atoms with E-state index >= 15 is 0 Å². The molecule has 96 valence electrons. The van der Waals surface area contributed by atoms with Gasteiger partial charge in [-0.1, -0.05) is 35.2 Å². The van der Waals surface area contributed by atoms with Gasteiger partial charge in [-0.2, -0.15) is 0 Å². The van der Waals surface area contributed by atoms with Gasteiger partial charge in [0.05, 0.1) is 6.61 Å². The van der Waals surface area contributed by atoms with Crippen LogP contribution < -0.4 is 10.1 Å². The number of aryl methyl sites for hydroxylation is 1. The minimum absolute atomic E-state index is 0.669. The zero-order valence-electron chi connectivity index (χ0n) is 10.3.